The molecule has 0 spiro atoms. The summed E-state index contributed by atoms with van der Waals surface area (Å²) >= 11 is 0. The maximum atomic E-state index is 14.7. The molecule has 206 valence electrons. The number of benzene rings is 2. The van der Waals surface area contributed by atoms with Gasteiger partial charge in [-0.05, 0) is 49.6 Å². The van der Waals surface area contributed by atoms with Crippen molar-refractivity contribution in [3.63, 3.8) is 0 Å². The first kappa shape index (κ1) is 26.8. The van der Waals surface area contributed by atoms with Crippen LogP contribution in [0.3, 0.4) is 0 Å². The summed E-state index contributed by atoms with van der Waals surface area (Å²) in [6.45, 7) is 5.04. The number of ether oxygens (including phenoxy) is 3. The van der Waals surface area contributed by atoms with Gasteiger partial charge in [0, 0.05) is 43.5 Å². The first-order chi connectivity index (χ1) is 19.1. The number of rotatable bonds is 4. The highest BCUT2D eigenvalue weighted by Crippen LogP contribution is 2.30. The lowest BCUT2D eigenvalue weighted by molar-refractivity contribution is 0.0383. The molecule has 6 bridgehead atoms. The molecule has 2 N–H and O–H groups in total. The lowest BCUT2D eigenvalue weighted by Gasteiger charge is -2.26. The molecule has 2 aliphatic heterocycles. The molecule has 2 aromatic carbocycles. The standard InChI is InChI=1S/C28H31F2N5O4/c29-22-7-4-19-16-25(22)39-13-3-1-2-12-38-24-17-20(33-28-32-18-23(30)26(19)34-28)5-6-21(24)27(36)31-8-9-35-10-14-37-15-11-35/h4-7,16-18H,1-3,8-15H2,(H,31,36)(H,32,33,34). The molecule has 39 heavy (non-hydrogen) atoms. The number of anilines is 2. The van der Waals surface area contributed by atoms with Crippen LogP contribution in [0.25, 0.3) is 11.3 Å². The van der Waals surface area contributed by atoms with Gasteiger partial charge < -0.3 is 24.8 Å². The quantitative estimate of drug-likeness (QED) is 0.510. The van der Waals surface area contributed by atoms with Gasteiger partial charge in [-0.3, -0.25) is 9.69 Å². The fraction of sp³-hybridized carbons (Fsp3) is 0.393. The normalized spacial score (nSPS) is 16.3. The molecule has 3 heterocycles. The van der Waals surface area contributed by atoms with E-state index in [-0.39, 0.29) is 23.3 Å². The number of carbonyl (C=O) groups excluding carboxylic acids is 1. The monoisotopic (exact) mass is 539 g/mol. The zero-order valence-corrected chi connectivity index (χ0v) is 21.6. The molecule has 1 fully saturated rings. The number of halogens is 2. The zero-order valence-electron chi connectivity index (χ0n) is 21.6. The number of fused-ring (bicyclic) bond motifs is 7. The molecule has 5 rings (SSSR count). The third kappa shape index (κ3) is 6.98. The molecule has 1 amide bonds. The smallest absolute Gasteiger partial charge is 0.255 e. The summed E-state index contributed by atoms with van der Waals surface area (Å²) in [5.41, 5.74) is 1.36. The Hall–Kier alpha value is -3.83. The summed E-state index contributed by atoms with van der Waals surface area (Å²) in [5.74, 6) is -0.817. The average molecular weight is 540 g/mol. The van der Waals surface area contributed by atoms with E-state index in [1.807, 2.05) is 0 Å². The summed E-state index contributed by atoms with van der Waals surface area (Å²) in [6, 6.07) is 9.23. The van der Waals surface area contributed by atoms with Crippen molar-refractivity contribution in [2.75, 3.05) is 57.9 Å². The van der Waals surface area contributed by atoms with E-state index in [2.05, 4.69) is 25.5 Å². The molecule has 9 nitrogen and oxygen atoms in total. The fourth-order valence-electron chi connectivity index (χ4n) is 4.42. The molecule has 0 unspecified atom stereocenters. The van der Waals surface area contributed by atoms with Crippen LogP contribution in [0.5, 0.6) is 11.5 Å². The van der Waals surface area contributed by atoms with E-state index >= 15 is 0 Å². The van der Waals surface area contributed by atoms with Crippen LogP contribution in [0.15, 0.2) is 42.6 Å². The Balaban J connectivity index is 1.37. The number of amides is 1. The first-order valence-corrected chi connectivity index (χ1v) is 13.1. The SMILES string of the molecule is O=C(NCCN1CCOCC1)c1ccc2cc1OCCCCCOc1cc(ccc1F)-c1nc(ncc1F)N2. The number of morpholine rings is 1. The maximum Gasteiger partial charge on any atom is 0.255 e. The Kier molecular flexibility index (Phi) is 8.79. The van der Waals surface area contributed by atoms with Gasteiger partial charge in [0.2, 0.25) is 5.95 Å². The van der Waals surface area contributed by atoms with E-state index in [9.17, 15) is 13.6 Å². The van der Waals surface area contributed by atoms with E-state index < -0.39 is 11.6 Å². The van der Waals surface area contributed by atoms with Crippen molar-refractivity contribution < 1.29 is 27.8 Å². The van der Waals surface area contributed by atoms with Crippen LogP contribution in [0.4, 0.5) is 20.4 Å². The first-order valence-electron chi connectivity index (χ1n) is 13.1. The van der Waals surface area contributed by atoms with Gasteiger partial charge >= 0.3 is 0 Å². The third-order valence-electron chi connectivity index (χ3n) is 6.55. The molecule has 11 heteroatoms. The molecule has 0 radical (unpaired) electrons. The van der Waals surface area contributed by atoms with Crippen LogP contribution in [0.1, 0.15) is 29.6 Å². The van der Waals surface area contributed by atoms with Crippen molar-refractivity contribution >= 4 is 17.5 Å². The second kappa shape index (κ2) is 12.8. The van der Waals surface area contributed by atoms with Crippen molar-refractivity contribution in [3.8, 4) is 22.8 Å². The van der Waals surface area contributed by atoms with Crippen LogP contribution in [-0.4, -0.2) is 73.4 Å². The molecule has 3 aromatic rings. The highest BCUT2D eigenvalue weighted by Gasteiger charge is 2.17. The molecule has 1 aromatic heterocycles. The van der Waals surface area contributed by atoms with Gasteiger partial charge in [0.05, 0.1) is 38.2 Å². The maximum absolute atomic E-state index is 14.7. The molecular weight excluding hydrogens is 508 g/mol. The molecule has 0 atom stereocenters. The summed E-state index contributed by atoms with van der Waals surface area (Å²) < 4.78 is 46.0. The Morgan fingerprint density at radius 3 is 2.56 bits per heavy atom. The Bertz CT molecular complexity index is 1300. The topological polar surface area (TPSA) is 97.8 Å². The van der Waals surface area contributed by atoms with Crippen molar-refractivity contribution in [2.24, 2.45) is 0 Å². The number of hydrogen-bond donors (Lipinski definition) is 2. The molecule has 0 saturated carbocycles. The number of nitrogens with one attached hydrogen (secondary N) is 2. The van der Waals surface area contributed by atoms with Crippen LogP contribution < -0.4 is 20.1 Å². The Labute approximate surface area is 225 Å². The van der Waals surface area contributed by atoms with Gasteiger partial charge in [-0.2, -0.15) is 0 Å². The van der Waals surface area contributed by atoms with Crippen LogP contribution in [-0.2, 0) is 4.74 Å². The fourth-order valence-corrected chi connectivity index (χ4v) is 4.42. The van der Waals surface area contributed by atoms with E-state index in [1.165, 1.54) is 18.2 Å². The summed E-state index contributed by atoms with van der Waals surface area (Å²) in [7, 11) is 0. The Morgan fingerprint density at radius 1 is 0.949 bits per heavy atom. The van der Waals surface area contributed by atoms with E-state index in [4.69, 9.17) is 14.2 Å². The third-order valence-corrected chi connectivity index (χ3v) is 6.55. The van der Waals surface area contributed by atoms with E-state index in [0.717, 1.165) is 38.7 Å². The van der Waals surface area contributed by atoms with Gasteiger partial charge in [-0.25, -0.2) is 18.7 Å². The van der Waals surface area contributed by atoms with Crippen LogP contribution in [0, 0.1) is 11.6 Å². The summed E-state index contributed by atoms with van der Waals surface area (Å²) in [4.78, 5) is 23.6. The highest BCUT2D eigenvalue weighted by molar-refractivity contribution is 5.97. The van der Waals surface area contributed by atoms with E-state index in [1.54, 1.807) is 18.2 Å². The molecule has 0 aliphatic carbocycles. The van der Waals surface area contributed by atoms with Gasteiger partial charge in [0.25, 0.3) is 5.91 Å². The second-order valence-electron chi connectivity index (χ2n) is 9.34. The highest BCUT2D eigenvalue weighted by atomic mass is 19.1. The average Bonchev–Trinajstić information content (AvgIpc) is 2.95. The van der Waals surface area contributed by atoms with Gasteiger partial charge in [-0.1, -0.05) is 0 Å². The summed E-state index contributed by atoms with van der Waals surface area (Å²) in [5, 5.41) is 6.03. The van der Waals surface area contributed by atoms with Crippen molar-refractivity contribution in [1.29, 1.82) is 0 Å². The summed E-state index contributed by atoms with van der Waals surface area (Å²) in [6.07, 6.45) is 3.23. The number of hydrogen-bond acceptors (Lipinski definition) is 8. The van der Waals surface area contributed by atoms with Gasteiger partial charge in [-0.15, -0.1) is 0 Å². The number of nitrogens with zero attached hydrogens (tertiary/aromatic N) is 3. The van der Waals surface area contributed by atoms with Crippen molar-refractivity contribution in [3.05, 3.63) is 59.8 Å². The second-order valence-corrected chi connectivity index (χ2v) is 9.34. The largest absolute Gasteiger partial charge is 0.493 e. The van der Waals surface area contributed by atoms with Crippen LogP contribution >= 0.6 is 0 Å². The van der Waals surface area contributed by atoms with Crippen molar-refractivity contribution in [2.45, 2.75) is 19.3 Å². The predicted molar refractivity (Wildman–Crippen MR) is 142 cm³/mol. The lowest BCUT2D eigenvalue weighted by atomic mass is 10.1. The minimum Gasteiger partial charge on any atom is -0.493 e. The minimum atomic E-state index is -0.649. The molecular formula is C28H31F2N5O4. The van der Waals surface area contributed by atoms with E-state index in [0.29, 0.717) is 62.0 Å². The molecule has 2 aliphatic rings. The number of aromatic nitrogens is 2. The zero-order chi connectivity index (χ0) is 27.0. The van der Waals surface area contributed by atoms with Crippen molar-refractivity contribution in [1.82, 2.24) is 20.2 Å². The van der Waals surface area contributed by atoms with Crippen LogP contribution in [0.2, 0.25) is 0 Å². The van der Waals surface area contributed by atoms with Gasteiger partial charge in [0.1, 0.15) is 11.4 Å². The van der Waals surface area contributed by atoms with Gasteiger partial charge in [0.15, 0.2) is 17.4 Å². The minimum absolute atomic E-state index is 0.00871. The lowest BCUT2D eigenvalue weighted by Crippen LogP contribution is -2.41. The number of carbonyl (C=O) groups is 1. The predicted octanol–water partition coefficient (Wildman–Crippen LogP) is 4.17. The Morgan fingerprint density at radius 2 is 1.74 bits per heavy atom. The molecule has 1 saturated heterocycles.